The van der Waals surface area contributed by atoms with E-state index >= 15 is 0 Å². The van der Waals surface area contributed by atoms with Crippen LogP contribution in [-0.2, 0) is 13.5 Å². The molecule has 2 aromatic rings. The normalized spacial score (nSPS) is 21.4. The van der Waals surface area contributed by atoms with E-state index in [2.05, 4.69) is 28.0 Å². The molecule has 2 atom stereocenters. The molecule has 1 aliphatic rings. The maximum Gasteiger partial charge on any atom is 0.129 e. The topological polar surface area (TPSA) is 53.1 Å². The largest absolute Gasteiger partial charge is 0.485 e. The summed E-state index contributed by atoms with van der Waals surface area (Å²) in [6, 6.07) is 6.03. The van der Waals surface area contributed by atoms with Crippen molar-refractivity contribution >= 4 is 15.9 Å². The number of nitrogens with zero attached hydrogens (tertiary/aromatic N) is 2. The highest BCUT2D eigenvalue weighted by Crippen LogP contribution is 2.41. The van der Waals surface area contributed by atoms with Crippen LogP contribution in [0.1, 0.15) is 42.3 Å². The lowest BCUT2D eigenvalue weighted by Gasteiger charge is -2.30. The van der Waals surface area contributed by atoms with Crippen molar-refractivity contribution in [3.8, 4) is 5.75 Å². The summed E-state index contributed by atoms with van der Waals surface area (Å²) in [6.07, 6.45) is 3.71. The van der Waals surface area contributed by atoms with E-state index in [-0.39, 0.29) is 12.1 Å². The van der Waals surface area contributed by atoms with Crippen LogP contribution in [0.5, 0.6) is 5.75 Å². The Bertz CT molecular complexity index is 638. The van der Waals surface area contributed by atoms with E-state index in [1.54, 1.807) is 0 Å². The van der Waals surface area contributed by atoms with Crippen molar-refractivity contribution in [1.29, 1.82) is 0 Å². The zero-order chi connectivity index (χ0) is 14.3. The highest BCUT2D eigenvalue weighted by Gasteiger charge is 2.29. The molecular weight excluding hydrogens is 318 g/mol. The number of hydrogen-bond donors (Lipinski definition) is 1. The lowest BCUT2D eigenvalue weighted by molar-refractivity contribution is 0.160. The molecule has 1 aliphatic heterocycles. The zero-order valence-electron chi connectivity index (χ0n) is 11.6. The van der Waals surface area contributed by atoms with Gasteiger partial charge in [-0.05, 0) is 18.6 Å². The Morgan fingerprint density at radius 3 is 3.00 bits per heavy atom. The molecular formula is C15H18BrN3O. The lowest BCUT2D eigenvalue weighted by atomic mass is 9.93. The number of ether oxygens (including phenoxy) is 1. The second-order valence-corrected chi connectivity index (χ2v) is 6.10. The number of aryl methyl sites for hydroxylation is 2. The van der Waals surface area contributed by atoms with Gasteiger partial charge in [0, 0.05) is 41.3 Å². The summed E-state index contributed by atoms with van der Waals surface area (Å²) in [5.74, 6) is 0.869. The van der Waals surface area contributed by atoms with Gasteiger partial charge in [0.1, 0.15) is 11.9 Å². The number of fused-ring (bicyclic) bond motifs is 1. The molecule has 0 bridgehead atoms. The summed E-state index contributed by atoms with van der Waals surface area (Å²) in [5, 5.41) is 4.49. The number of benzene rings is 1. The molecule has 0 spiro atoms. The van der Waals surface area contributed by atoms with E-state index in [0.717, 1.165) is 39.9 Å². The van der Waals surface area contributed by atoms with Crippen molar-refractivity contribution in [2.45, 2.75) is 31.9 Å². The van der Waals surface area contributed by atoms with Gasteiger partial charge in [-0.1, -0.05) is 28.9 Å². The molecule has 0 radical (unpaired) electrons. The number of rotatable bonds is 2. The van der Waals surface area contributed by atoms with E-state index in [9.17, 15) is 0 Å². The van der Waals surface area contributed by atoms with Crippen molar-refractivity contribution in [2.75, 3.05) is 0 Å². The molecule has 0 fully saturated rings. The van der Waals surface area contributed by atoms with Crippen LogP contribution in [0.25, 0.3) is 0 Å². The quantitative estimate of drug-likeness (QED) is 0.916. The van der Waals surface area contributed by atoms with E-state index in [1.807, 2.05) is 36.1 Å². The molecule has 0 saturated carbocycles. The molecule has 5 heteroatoms. The molecule has 1 aromatic carbocycles. The summed E-state index contributed by atoms with van der Waals surface area (Å²) in [6.45, 7) is 2.11. The highest BCUT2D eigenvalue weighted by molar-refractivity contribution is 9.10. The van der Waals surface area contributed by atoms with Gasteiger partial charge in [-0.3, -0.25) is 4.68 Å². The first kappa shape index (κ1) is 13.6. The monoisotopic (exact) mass is 335 g/mol. The molecule has 1 aromatic heterocycles. The van der Waals surface area contributed by atoms with Crippen LogP contribution in [0, 0.1) is 0 Å². The van der Waals surface area contributed by atoms with Gasteiger partial charge in [0.25, 0.3) is 0 Å². The predicted octanol–water partition coefficient (Wildman–Crippen LogP) is 3.27. The number of hydrogen-bond acceptors (Lipinski definition) is 3. The van der Waals surface area contributed by atoms with Crippen LogP contribution < -0.4 is 10.5 Å². The molecule has 106 valence electrons. The number of aromatic nitrogens is 2. The van der Waals surface area contributed by atoms with Gasteiger partial charge in [0.15, 0.2) is 0 Å². The zero-order valence-corrected chi connectivity index (χ0v) is 13.2. The standard InChI is InChI=1S/C15H18BrN3O/c1-3-13-11(8-19(2)18-13)15-7-12(17)10-5-4-9(16)6-14(10)20-15/h4-6,8,12,15H,3,7,17H2,1-2H3/t12-,15?/m1/s1. The van der Waals surface area contributed by atoms with Gasteiger partial charge in [0.05, 0.1) is 5.69 Å². The SMILES string of the molecule is CCc1nn(C)cc1C1C[C@@H](N)c2ccc(Br)cc2O1. The number of halogens is 1. The average molecular weight is 336 g/mol. The highest BCUT2D eigenvalue weighted by atomic mass is 79.9. The van der Waals surface area contributed by atoms with Crippen LogP contribution in [0.15, 0.2) is 28.9 Å². The van der Waals surface area contributed by atoms with Crippen LogP contribution in [-0.4, -0.2) is 9.78 Å². The van der Waals surface area contributed by atoms with Gasteiger partial charge < -0.3 is 10.5 Å². The van der Waals surface area contributed by atoms with Crippen molar-refractivity contribution in [3.63, 3.8) is 0 Å². The summed E-state index contributed by atoms with van der Waals surface area (Å²) >= 11 is 3.48. The van der Waals surface area contributed by atoms with Crippen molar-refractivity contribution < 1.29 is 4.74 Å². The minimum Gasteiger partial charge on any atom is -0.485 e. The van der Waals surface area contributed by atoms with Gasteiger partial charge >= 0.3 is 0 Å². The maximum atomic E-state index is 6.30. The Hall–Kier alpha value is -1.33. The van der Waals surface area contributed by atoms with E-state index in [4.69, 9.17) is 10.5 Å². The first-order valence-corrected chi connectivity index (χ1v) is 7.62. The molecule has 1 unspecified atom stereocenters. The van der Waals surface area contributed by atoms with Crippen LogP contribution in [0.2, 0.25) is 0 Å². The third-order valence-electron chi connectivity index (χ3n) is 3.73. The fraction of sp³-hybridized carbons (Fsp3) is 0.400. The predicted molar refractivity (Wildman–Crippen MR) is 81.6 cm³/mol. The molecule has 3 rings (SSSR count). The van der Waals surface area contributed by atoms with Crippen LogP contribution in [0.3, 0.4) is 0 Å². The molecule has 0 aliphatic carbocycles. The first-order valence-electron chi connectivity index (χ1n) is 6.82. The van der Waals surface area contributed by atoms with Crippen molar-refractivity contribution in [3.05, 3.63) is 45.7 Å². The Morgan fingerprint density at radius 2 is 2.25 bits per heavy atom. The van der Waals surface area contributed by atoms with Crippen LogP contribution >= 0.6 is 15.9 Å². The summed E-state index contributed by atoms with van der Waals surface area (Å²) < 4.78 is 9.01. The van der Waals surface area contributed by atoms with Gasteiger partial charge in [-0.2, -0.15) is 5.10 Å². The Labute approximate surface area is 127 Å². The van der Waals surface area contributed by atoms with E-state index in [1.165, 1.54) is 0 Å². The lowest BCUT2D eigenvalue weighted by Crippen LogP contribution is -2.24. The van der Waals surface area contributed by atoms with Crippen molar-refractivity contribution in [2.24, 2.45) is 12.8 Å². The molecule has 4 nitrogen and oxygen atoms in total. The smallest absolute Gasteiger partial charge is 0.129 e. The second-order valence-electron chi connectivity index (χ2n) is 5.19. The average Bonchev–Trinajstić information content (AvgIpc) is 2.79. The Morgan fingerprint density at radius 1 is 1.45 bits per heavy atom. The molecule has 20 heavy (non-hydrogen) atoms. The maximum absolute atomic E-state index is 6.30. The van der Waals surface area contributed by atoms with E-state index in [0.29, 0.717) is 0 Å². The van der Waals surface area contributed by atoms with Crippen molar-refractivity contribution in [1.82, 2.24) is 9.78 Å². The first-order chi connectivity index (χ1) is 9.58. The van der Waals surface area contributed by atoms with E-state index < -0.39 is 0 Å². The fourth-order valence-corrected chi connectivity index (χ4v) is 3.10. The molecule has 2 N–H and O–H groups in total. The Kier molecular flexibility index (Phi) is 3.56. The summed E-state index contributed by atoms with van der Waals surface area (Å²) in [7, 11) is 1.94. The molecule has 0 amide bonds. The Balaban J connectivity index is 1.98. The minimum absolute atomic E-state index is 0.00163. The van der Waals surface area contributed by atoms with Gasteiger partial charge in [-0.15, -0.1) is 0 Å². The summed E-state index contributed by atoms with van der Waals surface area (Å²) in [4.78, 5) is 0. The van der Waals surface area contributed by atoms with Crippen LogP contribution in [0.4, 0.5) is 0 Å². The summed E-state index contributed by atoms with van der Waals surface area (Å²) in [5.41, 5.74) is 9.61. The fourth-order valence-electron chi connectivity index (χ4n) is 2.76. The molecule has 0 saturated heterocycles. The third-order valence-corrected chi connectivity index (χ3v) is 4.22. The third kappa shape index (κ3) is 2.36. The molecule has 2 heterocycles. The number of nitrogens with two attached hydrogens (primary N) is 1. The van der Waals surface area contributed by atoms with Gasteiger partial charge in [-0.25, -0.2) is 0 Å². The minimum atomic E-state index is -0.0181. The van der Waals surface area contributed by atoms with Gasteiger partial charge in [0.2, 0.25) is 0 Å². The second kappa shape index (κ2) is 5.22.